The molecule has 0 heterocycles. The SMILES string of the molecule is CCCOCCC(CC1CCCC1)NC. The second-order valence-corrected chi connectivity index (χ2v) is 4.77. The molecular weight excluding hydrogens is 186 g/mol. The van der Waals surface area contributed by atoms with Crippen LogP contribution in [0.25, 0.3) is 0 Å². The van der Waals surface area contributed by atoms with Crippen LogP contribution in [-0.2, 0) is 4.74 Å². The van der Waals surface area contributed by atoms with E-state index in [1.165, 1.54) is 38.5 Å². The Labute approximate surface area is 94.8 Å². The van der Waals surface area contributed by atoms with Crippen LogP contribution in [0.2, 0.25) is 0 Å². The van der Waals surface area contributed by atoms with E-state index in [1.807, 2.05) is 0 Å². The van der Waals surface area contributed by atoms with Gasteiger partial charge in [-0.15, -0.1) is 0 Å². The fraction of sp³-hybridized carbons (Fsp3) is 1.00. The number of hydrogen-bond donors (Lipinski definition) is 1. The second kappa shape index (κ2) is 8.12. The Bertz CT molecular complexity index is 143. The molecule has 15 heavy (non-hydrogen) atoms. The van der Waals surface area contributed by atoms with Crippen molar-refractivity contribution in [2.24, 2.45) is 5.92 Å². The van der Waals surface area contributed by atoms with Crippen molar-refractivity contribution >= 4 is 0 Å². The highest BCUT2D eigenvalue weighted by Gasteiger charge is 2.18. The summed E-state index contributed by atoms with van der Waals surface area (Å²) in [6, 6.07) is 0.671. The maximum Gasteiger partial charge on any atom is 0.0480 e. The van der Waals surface area contributed by atoms with Gasteiger partial charge in [-0.25, -0.2) is 0 Å². The van der Waals surface area contributed by atoms with E-state index in [4.69, 9.17) is 4.74 Å². The molecule has 1 aliphatic carbocycles. The lowest BCUT2D eigenvalue weighted by Gasteiger charge is -2.19. The van der Waals surface area contributed by atoms with Gasteiger partial charge in [0.05, 0.1) is 0 Å². The molecule has 90 valence electrons. The van der Waals surface area contributed by atoms with Gasteiger partial charge in [0.25, 0.3) is 0 Å². The third kappa shape index (κ3) is 5.53. The third-order valence-electron chi connectivity index (χ3n) is 3.46. The van der Waals surface area contributed by atoms with Crippen LogP contribution in [0.1, 0.15) is 51.9 Å². The van der Waals surface area contributed by atoms with E-state index < -0.39 is 0 Å². The summed E-state index contributed by atoms with van der Waals surface area (Å²) < 4.78 is 5.54. The van der Waals surface area contributed by atoms with Crippen molar-refractivity contribution < 1.29 is 4.74 Å². The summed E-state index contributed by atoms with van der Waals surface area (Å²) in [6.45, 7) is 4.00. The van der Waals surface area contributed by atoms with Gasteiger partial charge in [-0.05, 0) is 32.2 Å². The van der Waals surface area contributed by atoms with Gasteiger partial charge in [0.1, 0.15) is 0 Å². The molecule has 1 aliphatic rings. The van der Waals surface area contributed by atoms with Crippen molar-refractivity contribution in [3.05, 3.63) is 0 Å². The lowest BCUT2D eigenvalue weighted by atomic mass is 9.97. The minimum Gasteiger partial charge on any atom is -0.381 e. The molecule has 0 radical (unpaired) electrons. The smallest absolute Gasteiger partial charge is 0.0480 e. The molecule has 0 aromatic rings. The van der Waals surface area contributed by atoms with Crippen LogP contribution in [0.3, 0.4) is 0 Å². The molecule has 1 atom stereocenters. The monoisotopic (exact) mass is 213 g/mol. The zero-order valence-corrected chi connectivity index (χ0v) is 10.4. The molecule has 1 fully saturated rings. The van der Waals surface area contributed by atoms with Gasteiger partial charge in [-0.3, -0.25) is 0 Å². The van der Waals surface area contributed by atoms with Crippen molar-refractivity contribution in [3.8, 4) is 0 Å². The van der Waals surface area contributed by atoms with E-state index in [-0.39, 0.29) is 0 Å². The zero-order valence-electron chi connectivity index (χ0n) is 10.4. The Balaban J connectivity index is 2.06. The van der Waals surface area contributed by atoms with Crippen LogP contribution >= 0.6 is 0 Å². The van der Waals surface area contributed by atoms with Gasteiger partial charge >= 0.3 is 0 Å². The average Bonchev–Trinajstić information content (AvgIpc) is 2.75. The molecule has 2 nitrogen and oxygen atoms in total. The van der Waals surface area contributed by atoms with Crippen LogP contribution in [0.4, 0.5) is 0 Å². The Hall–Kier alpha value is -0.0800. The largest absolute Gasteiger partial charge is 0.381 e. The van der Waals surface area contributed by atoms with Gasteiger partial charge in [-0.1, -0.05) is 32.6 Å². The maximum absolute atomic E-state index is 5.54. The second-order valence-electron chi connectivity index (χ2n) is 4.77. The molecule has 0 bridgehead atoms. The van der Waals surface area contributed by atoms with Crippen molar-refractivity contribution in [1.29, 1.82) is 0 Å². The summed E-state index contributed by atoms with van der Waals surface area (Å²) in [5, 5.41) is 3.43. The topological polar surface area (TPSA) is 21.3 Å². The van der Waals surface area contributed by atoms with E-state index in [0.29, 0.717) is 6.04 Å². The minimum absolute atomic E-state index is 0.671. The lowest BCUT2D eigenvalue weighted by Crippen LogP contribution is -2.28. The first kappa shape index (κ1) is 13.0. The van der Waals surface area contributed by atoms with Crippen molar-refractivity contribution in [2.45, 2.75) is 57.9 Å². The molecule has 1 rings (SSSR count). The molecule has 0 aliphatic heterocycles. The summed E-state index contributed by atoms with van der Waals surface area (Å²) in [4.78, 5) is 0. The number of ether oxygens (including phenoxy) is 1. The number of nitrogens with one attached hydrogen (secondary N) is 1. The first-order chi connectivity index (χ1) is 7.36. The van der Waals surface area contributed by atoms with Crippen LogP contribution in [0.5, 0.6) is 0 Å². The first-order valence-corrected chi connectivity index (χ1v) is 6.61. The highest BCUT2D eigenvalue weighted by Crippen LogP contribution is 2.29. The predicted octanol–water partition coefficient (Wildman–Crippen LogP) is 2.97. The Kier molecular flexibility index (Phi) is 7.03. The molecule has 1 unspecified atom stereocenters. The third-order valence-corrected chi connectivity index (χ3v) is 3.46. The summed E-state index contributed by atoms with van der Waals surface area (Å²) in [5.41, 5.74) is 0. The molecular formula is C13H27NO. The average molecular weight is 213 g/mol. The molecule has 0 aromatic heterocycles. The standard InChI is InChI=1S/C13H27NO/c1-3-9-15-10-8-13(14-2)11-12-6-4-5-7-12/h12-14H,3-11H2,1-2H3. The molecule has 0 saturated heterocycles. The predicted molar refractivity (Wildman–Crippen MR) is 65.1 cm³/mol. The van der Waals surface area contributed by atoms with Crippen molar-refractivity contribution in [2.75, 3.05) is 20.3 Å². The highest BCUT2D eigenvalue weighted by molar-refractivity contribution is 4.74. The van der Waals surface area contributed by atoms with Gasteiger partial charge in [-0.2, -0.15) is 0 Å². The lowest BCUT2D eigenvalue weighted by molar-refractivity contribution is 0.122. The summed E-state index contributed by atoms with van der Waals surface area (Å²) in [7, 11) is 2.08. The van der Waals surface area contributed by atoms with E-state index >= 15 is 0 Å². The summed E-state index contributed by atoms with van der Waals surface area (Å²) in [5.74, 6) is 0.980. The van der Waals surface area contributed by atoms with Crippen molar-refractivity contribution in [1.82, 2.24) is 5.32 Å². The van der Waals surface area contributed by atoms with Crippen LogP contribution in [0, 0.1) is 5.92 Å². The van der Waals surface area contributed by atoms with Crippen LogP contribution in [-0.4, -0.2) is 26.3 Å². The first-order valence-electron chi connectivity index (χ1n) is 6.61. The molecule has 2 heteroatoms. The molecule has 1 N–H and O–H groups in total. The van der Waals surface area contributed by atoms with Crippen LogP contribution < -0.4 is 5.32 Å². The van der Waals surface area contributed by atoms with Crippen LogP contribution in [0.15, 0.2) is 0 Å². The van der Waals surface area contributed by atoms with Crippen molar-refractivity contribution in [3.63, 3.8) is 0 Å². The summed E-state index contributed by atoms with van der Waals surface area (Å²) in [6.07, 6.45) is 9.47. The Morgan fingerprint density at radius 2 is 2.00 bits per heavy atom. The zero-order chi connectivity index (χ0) is 10.9. The molecule has 0 spiro atoms. The van der Waals surface area contributed by atoms with Gasteiger partial charge in [0.2, 0.25) is 0 Å². The molecule has 0 amide bonds. The quantitative estimate of drug-likeness (QED) is 0.626. The van der Waals surface area contributed by atoms with E-state index in [9.17, 15) is 0 Å². The fourth-order valence-electron chi connectivity index (χ4n) is 2.50. The Morgan fingerprint density at radius 3 is 2.60 bits per heavy atom. The maximum atomic E-state index is 5.54. The highest BCUT2D eigenvalue weighted by atomic mass is 16.5. The Morgan fingerprint density at radius 1 is 1.27 bits per heavy atom. The summed E-state index contributed by atoms with van der Waals surface area (Å²) >= 11 is 0. The van der Waals surface area contributed by atoms with E-state index in [0.717, 1.165) is 25.6 Å². The number of hydrogen-bond acceptors (Lipinski definition) is 2. The van der Waals surface area contributed by atoms with E-state index in [1.54, 1.807) is 0 Å². The molecule has 1 saturated carbocycles. The molecule has 0 aromatic carbocycles. The van der Waals surface area contributed by atoms with Gasteiger partial charge < -0.3 is 10.1 Å². The van der Waals surface area contributed by atoms with Gasteiger partial charge in [0, 0.05) is 19.3 Å². The normalized spacial score (nSPS) is 19.6. The van der Waals surface area contributed by atoms with E-state index in [2.05, 4.69) is 19.3 Å². The number of rotatable bonds is 8. The fourth-order valence-corrected chi connectivity index (χ4v) is 2.50. The van der Waals surface area contributed by atoms with Gasteiger partial charge in [0.15, 0.2) is 0 Å². The minimum atomic E-state index is 0.671.